The summed E-state index contributed by atoms with van der Waals surface area (Å²) in [5, 5.41) is 2.49. The summed E-state index contributed by atoms with van der Waals surface area (Å²) in [6.45, 7) is 1.32. The molecule has 1 amide bonds. The van der Waals surface area contributed by atoms with Gasteiger partial charge in [-0.1, -0.05) is 11.6 Å². The average molecular weight is 490 g/mol. The van der Waals surface area contributed by atoms with Gasteiger partial charge in [0.1, 0.15) is 0 Å². The van der Waals surface area contributed by atoms with Crippen LogP contribution in [-0.4, -0.2) is 45.8 Å². The molecule has 6 nitrogen and oxygen atoms in total. The summed E-state index contributed by atoms with van der Waals surface area (Å²) in [6.07, 6.45) is -1.77. The maximum Gasteiger partial charge on any atom is 0.416 e. The van der Waals surface area contributed by atoms with Crippen LogP contribution in [0.3, 0.4) is 0 Å². The van der Waals surface area contributed by atoms with E-state index in [2.05, 4.69) is 5.32 Å². The minimum absolute atomic E-state index is 0.0105. The van der Waals surface area contributed by atoms with E-state index >= 15 is 0 Å². The van der Waals surface area contributed by atoms with Crippen LogP contribution in [-0.2, 0) is 16.2 Å². The molecule has 11 heteroatoms. The number of nitrogens with one attached hydrogen (secondary N) is 1. The topological polar surface area (TPSA) is 69.7 Å². The van der Waals surface area contributed by atoms with E-state index in [4.69, 9.17) is 11.6 Å². The highest BCUT2D eigenvalue weighted by molar-refractivity contribution is 7.89. The van der Waals surface area contributed by atoms with Gasteiger partial charge < -0.3 is 10.2 Å². The number of alkyl halides is 3. The molecule has 0 aromatic heterocycles. The van der Waals surface area contributed by atoms with Gasteiger partial charge in [-0.3, -0.25) is 4.79 Å². The Morgan fingerprint density at radius 3 is 2.31 bits per heavy atom. The summed E-state index contributed by atoms with van der Waals surface area (Å²) >= 11 is 6.12. The van der Waals surface area contributed by atoms with Gasteiger partial charge in [-0.25, -0.2) is 12.7 Å². The second kappa shape index (κ2) is 9.29. The van der Waals surface area contributed by atoms with Crippen LogP contribution in [0, 0.1) is 0 Å². The lowest BCUT2D eigenvalue weighted by molar-refractivity contribution is -0.137. The Labute approximate surface area is 190 Å². The van der Waals surface area contributed by atoms with Crippen molar-refractivity contribution in [3.8, 4) is 0 Å². The third-order valence-corrected chi connectivity index (χ3v) is 7.37. The number of rotatable bonds is 5. The summed E-state index contributed by atoms with van der Waals surface area (Å²) in [6, 6.07) is 6.86. The zero-order chi connectivity index (χ0) is 23.7. The predicted octanol–water partition coefficient (Wildman–Crippen LogP) is 4.85. The van der Waals surface area contributed by atoms with Gasteiger partial charge in [-0.15, -0.1) is 0 Å². The van der Waals surface area contributed by atoms with Crippen molar-refractivity contribution in [3.63, 3.8) is 0 Å². The molecule has 3 rings (SSSR count). The van der Waals surface area contributed by atoms with Gasteiger partial charge >= 0.3 is 6.18 Å². The Bertz CT molecular complexity index is 1120. The Kier molecular flexibility index (Phi) is 7.06. The van der Waals surface area contributed by atoms with Gasteiger partial charge in [0.25, 0.3) is 5.91 Å². The van der Waals surface area contributed by atoms with Gasteiger partial charge in [0.2, 0.25) is 10.0 Å². The third-order valence-electron chi connectivity index (χ3n) is 5.23. The summed E-state index contributed by atoms with van der Waals surface area (Å²) in [5.41, 5.74) is -0.594. The first kappa shape index (κ1) is 24.3. The smallest absolute Gasteiger partial charge is 0.370 e. The normalized spacial score (nSPS) is 15.2. The fourth-order valence-corrected chi connectivity index (χ4v) is 4.59. The van der Waals surface area contributed by atoms with E-state index in [9.17, 15) is 26.4 Å². The first-order chi connectivity index (χ1) is 14.9. The molecule has 1 aliphatic rings. The number of halogens is 4. The highest BCUT2D eigenvalue weighted by atomic mass is 35.5. The number of anilines is 2. The molecular weight excluding hydrogens is 467 g/mol. The number of hydrogen-bond donors (Lipinski definition) is 1. The number of benzene rings is 2. The van der Waals surface area contributed by atoms with Crippen LogP contribution in [0.25, 0.3) is 0 Å². The fourth-order valence-electron chi connectivity index (χ4n) is 3.46. The van der Waals surface area contributed by atoms with E-state index in [0.717, 1.165) is 41.8 Å². The van der Waals surface area contributed by atoms with Gasteiger partial charge in [0.15, 0.2) is 0 Å². The van der Waals surface area contributed by atoms with Crippen molar-refractivity contribution in [2.75, 3.05) is 37.4 Å². The minimum atomic E-state index is -4.59. The van der Waals surface area contributed by atoms with Gasteiger partial charge in [0.05, 0.1) is 32.4 Å². The first-order valence-electron chi connectivity index (χ1n) is 9.91. The Hall–Kier alpha value is -2.30. The van der Waals surface area contributed by atoms with Crippen molar-refractivity contribution in [1.29, 1.82) is 0 Å². The van der Waals surface area contributed by atoms with Crippen molar-refractivity contribution in [1.82, 2.24) is 4.31 Å². The van der Waals surface area contributed by atoms with Gasteiger partial charge in [-0.05, 0) is 55.7 Å². The second-order valence-corrected chi connectivity index (χ2v) is 10.2. The Morgan fingerprint density at radius 1 is 1.06 bits per heavy atom. The van der Waals surface area contributed by atoms with E-state index in [1.165, 1.54) is 32.3 Å². The minimum Gasteiger partial charge on any atom is -0.370 e. The predicted molar refractivity (Wildman–Crippen MR) is 118 cm³/mol. The van der Waals surface area contributed by atoms with E-state index in [-0.39, 0.29) is 21.2 Å². The summed E-state index contributed by atoms with van der Waals surface area (Å²) in [5.74, 6) is -0.802. The lowest BCUT2D eigenvalue weighted by Gasteiger charge is -2.31. The number of carbonyl (C=O) groups is 1. The molecule has 0 unspecified atom stereocenters. The standard InChI is InChI=1S/C21H23ClF3N3O3S/c1-27(2)32(30,31)15-7-8-17(22)16(13-15)20(29)26-18-12-14(21(23,24)25)6-9-19(18)28-10-4-3-5-11-28/h6-9,12-13H,3-5,10-11H2,1-2H3,(H,26,29). The molecule has 1 heterocycles. The van der Waals surface area contributed by atoms with Crippen LogP contribution in [0.1, 0.15) is 35.2 Å². The molecular formula is C21H23ClF3N3O3S. The van der Waals surface area contributed by atoms with Crippen molar-refractivity contribution < 1.29 is 26.4 Å². The van der Waals surface area contributed by atoms with E-state index in [0.29, 0.717) is 18.8 Å². The lowest BCUT2D eigenvalue weighted by Crippen LogP contribution is -2.30. The number of piperidine rings is 1. The molecule has 0 radical (unpaired) electrons. The number of sulfonamides is 1. The van der Waals surface area contributed by atoms with Crippen molar-refractivity contribution in [3.05, 3.63) is 52.5 Å². The van der Waals surface area contributed by atoms with Crippen molar-refractivity contribution in [2.45, 2.75) is 30.3 Å². The van der Waals surface area contributed by atoms with Crippen LogP contribution in [0.2, 0.25) is 5.02 Å². The second-order valence-electron chi connectivity index (χ2n) is 7.66. The SMILES string of the molecule is CN(C)S(=O)(=O)c1ccc(Cl)c(C(=O)Nc2cc(C(F)(F)F)ccc2N2CCCCC2)c1. The van der Waals surface area contributed by atoms with Crippen LogP contribution in [0.15, 0.2) is 41.3 Å². The molecule has 1 saturated heterocycles. The van der Waals surface area contributed by atoms with Crippen molar-refractivity contribution in [2.24, 2.45) is 0 Å². The Balaban J connectivity index is 2.01. The summed E-state index contributed by atoms with van der Waals surface area (Å²) in [4.78, 5) is 14.7. The highest BCUT2D eigenvalue weighted by Crippen LogP contribution is 2.37. The molecule has 0 spiro atoms. The molecule has 0 aliphatic carbocycles. The maximum absolute atomic E-state index is 13.3. The molecule has 0 bridgehead atoms. The molecule has 1 fully saturated rings. The summed E-state index contributed by atoms with van der Waals surface area (Å²) < 4.78 is 65.7. The first-order valence-corrected chi connectivity index (χ1v) is 11.7. The van der Waals surface area contributed by atoms with Gasteiger partial charge in [-0.2, -0.15) is 13.2 Å². The lowest BCUT2D eigenvalue weighted by atomic mass is 10.1. The molecule has 0 saturated carbocycles. The molecule has 1 N–H and O–H groups in total. The zero-order valence-corrected chi connectivity index (χ0v) is 19.1. The van der Waals surface area contributed by atoms with Crippen LogP contribution < -0.4 is 10.2 Å². The monoisotopic (exact) mass is 489 g/mol. The van der Waals surface area contributed by atoms with E-state index in [1.54, 1.807) is 0 Å². The highest BCUT2D eigenvalue weighted by Gasteiger charge is 2.32. The largest absolute Gasteiger partial charge is 0.416 e. The van der Waals surface area contributed by atoms with Crippen LogP contribution >= 0.6 is 11.6 Å². The molecule has 2 aromatic rings. The molecule has 1 aliphatic heterocycles. The fraction of sp³-hybridized carbons (Fsp3) is 0.381. The van der Waals surface area contributed by atoms with Crippen molar-refractivity contribution >= 4 is 38.9 Å². The Morgan fingerprint density at radius 2 is 1.72 bits per heavy atom. The van der Waals surface area contributed by atoms with Crippen LogP contribution in [0.4, 0.5) is 24.5 Å². The molecule has 174 valence electrons. The van der Waals surface area contributed by atoms with Gasteiger partial charge in [0, 0.05) is 27.2 Å². The number of amides is 1. The number of carbonyl (C=O) groups excluding carboxylic acids is 1. The molecule has 2 aromatic carbocycles. The third kappa shape index (κ3) is 5.19. The number of nitrogens with zero attached hydrogens (tertiary/aromatic N) is 2. The molecule has 32 heavy (non-hydrogen) atoms. The average Bonchev–Trinajstić information content (AvgIpc) is 2.73. The number of hydrogen-bond acceptors (Lipinski definition) is 4. The van der Waals surface area contributed by atoms with Crippen LogP contribution in [0.5, 0.6) is 0 Å². The summed E-state index contributed by atoms with van der Waals surface area (Å²) in [7, 11) is -1.15. The zero-order valence-electron chi connectivity index (χ0n) is 17.5. The quantitative estimate of drug-likeness (QED) is 0.651. The molecule has 0 atom stereocenters. The maximum atomic E-state index is 13.3. The van der Waals surface area contributed by atoms with E-state index < -0.39 is 27.7 Å². The van der Waals surface area contributed by atoms with E-state index in [1.807, 2.05) is 4.90 Å².